The van der Waals surface area contributed by atoms with Crippen molar-refractivity contribution in [2.24, 2.45) is 0 Å². The zero-order chi connectivity index (χ0) is 20.6. The number of sulfonamides is 1. The van der Waals surface area contributed by atoms with Gasteiger partial charge in [-0.1, -0.05) is 11.3 Å². The van der Waals surface area contributed by atoms with Gasteiger partial charge in [0.15, 0.2) is 0 Å². The van der Waals surface area contributed by atoms with Crippen molar-refractivity contribution in [3.63, 3.8) is 0 Å². The summed E-state index contributed by atoms with van der Waals surface area (Å²) in [4.78, 5) is 24.5. The molecule has 1 aromatic heterocycles. The number of nitrogens with one attached hydrogen (secondary N) is 1. The lowest BCUT2D eigenvalue weighted by Gasteiger charge is -2.19. The van der Waals surface area contributed by atoms with Crippen LogP contribution >= 0.6 is 11.3 Å². The van der Waals surface area contributed by atoms with Gasteiger partial charge in [-0.25, -0.2) is 8.42 Å². The third-order valence-corrected chi connectivity index (χ3v) is 6.67. The number of hydrogen-bond acceptors (Lipinski definition) is 5. The molecule has 0 bridgehead atoms. The minimum absolute atomic E-state index is 0.0258. The molecule has 0 atom stereocenters. The molecule has 2 aromatic carbocycles. The minimum atomic E-state index is -3.38. The van der Waals surface area contributed by atoms with Crippen molar-refractivity contribution in [1.29, 1.82) is 0 Å². The van der Waals surface area contributed by atoms with Crippen molar-refractivity contribution in [2.75, 3.05) is 22.9 Å². The van der Waals surface area contributed by atoms with Crippen LogP contribution in [0.25, 0.3) is 10.2 Å². The molecule has 0 fully saturated rings. The zero-order valence-corrected chi connectivity index (χ0v) is 17.6. The summed E-state index contributed by atoms with van der Waals surface area (Å²) in [6, 6.07) is 10.2. The number of aromatic nitrogens is 1. The van der Waals surface area contributed by atoms with E-state index in [4.69, 9.17) is 0 Å². The molecule has 0 aliphatic heterocycles. The highest BCUT2D eigenvalue weighted by atomic mass is 32.2. The third kappa shape index (κ3) is 3.81. The number of thiazole rings is 1. The molecule has 0 saturated heterocycles. The summed E-state index contributed by atoms with van der Waals surface area (Å²) in [6.45, 7) is 4.26. The van der Waals surface area contributed by atoms with Gasteiger partial charge in [-0.15, -0.1) is 0 Å². The zero-order valence-electron chi connectivity index (χ0n) is 16.0. The first kappa shape index (κ1) is 20.1. The maximum absolute atomic E-state index is 12.6. The van der Waals surface area contributed by atoms with Crippen molar-refractivity contribution in [3.05, 3.63) is 57.2 Å². The van der Waals surface area contributed by atoms with Gasteiger partial charge >= 0.3 is 4.87 Å². The number of amides is 1. The largest absolute Gasteiger partial charge is 0.322 e. The highest BCUT2D eigenvalue weighted by Gasteiger charge is 2.16. The minimum Gasteiger partial charge on any atom is -0.322 e. The lowest BCUT2D eigenvalue weighted by molar-refractivity contribution is 0.102. The molecule has 28 heavy (non-hydrogen) atoms. The molecule has 1 amide bonds. The molecule has 148 valence electrons. The Morgan fingerprint density at radius 1 is 1.21 bits per heavy atom. The fourth-order valence-electron chi connectivity index (χ4n) is 2.98. The van der Waals surface area contributed by atoms with Gasteiger partial charge in [0, 0.05) is 24.8 Å². The molecule has 0 radical (unpaired) electrons. The van der Waals surface area contributed by atoms with Crippen LogP contribution in [-0.2, 0) is 16.6 Å². The number of hydrogen-bond donors (Lipinski definition) is 1. The van der Waals surface area contributed by atoms with E-state index in [0.29, 0.717) is 29.0 Å². The summed E-state index contributed by atoms with van der Waals surface area (Å²) < 4.78 is 27.1. The van der Waals surface area contributed by atoms with Crippen LogP contribution in [0.2, 0.25) is 0 Å². The monoisotopic (exact) mass is 419 g/mol. The average Bonchev–Trinajstić information content (AvgIpc) is 2.94. The quantitative estimate of drug-likeness (QED) is 0.688. The van der Waals surface area contributed by atoms with E-state index in [1.807, 2.05) is 13.0 Å². The third-order valence-electron chi connectivity index (χ3n) is 4.54. The lowest BCUT2D eigenvalue weighted by Crippen LogP contribution is -2.25. The SMILES string of the molecule is CCn1c(=O)sc2cc(NC(=O)c3ccc(N(C)S(C)(=O)=O)c(C)c3)ccc21. The predicted molar refractivity (Wildman–Crippen MR) is 114 cm³/mol. The van der Waals surface area contributed by atoms with Crippen LogP contribution in [0.15, 0.2) is 41.2 Å². The Hall–Kier alpha value is -2.65. The van der Waals surface area contributed by atoms with Gasteiger partial charge < -0.3 is 5.32 Å². The predicted octanol–water partition coefficient (Wildman–Crippen LogP) is 3.04. The number of rotatable bonds is 5. The number of aryl methyl sites for hydroxylation is 2. The smallest absolute Gasteiger partial charge is 0.308 e. The van der Waals surface area contributed by atoms with Crippen LogP contribution in [0.4, 0.5) is 11.4 Å². The van der Waals surface area contributed by atoms with Crippen LogP contribution < -0.4 is 14.5 Å². The van der Waals surface area contributed by atoms with Crippen molar-refractivity contribution >= 4 is 48.9 Å². The van der Waals surface area contributed by atoms with Crippen molar-refractivity contribution < 1.29 is 13.2 Å². The highest BCUT2D eigenvalue weighted by molar-refractivity contribution is 7.92. The second-order valence-corrected chi connectivity index (χ2v) is 9.49. The molecule has 0 aliphatic rings. The molecule has 0 aliphatic carbocycles. The molecule has 7 nitrogen and oxygen atoms in total. The Morgan fingerprint density at radius 3 is 2.54 bits per heavy atom. The molecule has 1 heterocycles. The van der Waals surface area contributed by atoms with E-state index in [2.05, 4.69) is 5.32 Å². The van der Waals surface area contributed by atoms with Gasteiger partial charge in [0.05, 0.1) is 22.2 Å². The van der Waals surface area contributed by atoms with Crippen LogP contribution in [0.3, 0.4) is 0 Å². The molecule has 0 unspecified atom stereocenters. The summed E-state index contributed by atoms with van der Waals surface area (Å²) in [5.74, 6) is -0.307. The maximum atomic E-state index is 12.6. The second kappa shape index (κ2) is 7.40. The summed E-state index contributed by atoms with van der Waals surface area (Å²) >= 11 is 1.14. The Morgan fingerprint density at radius 2 is 1.93 bits per heavy atom. The van der Waals surface area contributed by atoms with E-state index in [1.54, 1.807) is 41.8 Å². The average molecular weight is 420 g/mol. The Labute approximate surface area is 167 Å². The Balaban J connectivity index is 1.86. The van der Waals surface area contributed by atoms with Gasteiger partial charge in [-0.3, -0.25) is 18.5 Å². The van der Waals surface area contributed by atoms with Gasteiger partial charge in [-0.05, 0) is 55.8 Å². The van der Waals surface area contributed by atoms with Crippen LogP contribution in [0.1, 0.15) is 22.8 Å². The summed E-state index contributed by atoms with van der Waals surface area (Å²) in [5, 5.41) is 2.83. The standard InChI is InChI=1S/C19H21N3O4S2/c1-5-22-16-9-7-14(11-17(16)27-19(22)24)20-18(23)13-6-8-15(12(2)10-13)21(3)28(4,25)26/h6-11H,5H2,1-4H3,(H,20,23). The molecular weight excluding hydrogens is 398 g/mol. The van der Waals surface area contributed by atoms with Gasteiger partial charge in [0.25, 0.3) is 5.91 Å². The van der Waals surface area contributed by atoms with E-state index >= 15 is 0 Å². The topological polar surface area (TPSA) is 88.5 Å². The van der Waals surface area contributed by atoms with E-state index in [-0.39, 0.29) is 10.8 Å². The first-order valence-corrected chi connectivity index (χ1v) is 11.3. The molecule has 3 aromatic rings. The lowest BCUT2D eigenvalue weighted by atomic mass is 10.1. The first-order valence-electron chi connectivity index (χ1n) is 8.61. The van der Waals surface area contributed by atoms with Gasteiger partial charge in [-0.2, -0.15) is 0 Å². The fourth-order valence-corrected chi connectivity index (χ4v) is 4.53. The van der Waals surface area contributed by atoms with E-state index in [1.165, 1.54) is 11.4 Å². The molecule has 0 spiro atoms. The molecular formula is C19H21N3O4S2. The van der Waals surface area contributed by atoms with E-state index in [9.17, 15) is 18.0 Å². The second-order valence-electron chi connectivity index (χ2n) is 6.48. The summed E-state index contributed by atoms with van der Waals surface area (Å²) in [7, 11) is -1.91. The van der Waals surface area contributed by atoms with Crippen molar-refractivity contribution in [2.45, 2.75) is 20.4 Å². The molecule has 9 heteroatoms. The number of fused-ring (bicyclic) bond motifs is 1. The van der Waals surface area contributed by atoms with Gasteiger partial charge in [0.1, 0.15) is 0 Å². The van der Waals surface area contributed by atoms with Gasteiger partial charge in [0.2, 0.25) is 10.0 Å². The molecule has 3 rings (SSSR count). The molecule has 1 N–H and O–H groups in total. The number of nitrogens with zero attached hydrogens (tertiary/aromatic N) is 2. The highest BCUT2D eigenvalue weighted by Crippen LogP contribution is 2.24. The van der Waals surface area contributed by atoms with Crippen molar-refractivity contribution in [1.82, 2.24) is 4.57 Å². The fraction of sp³-hybridized carbons (Fsp3) is 0.263. The van der Waals surface area contributed by atoms with E-state index in [0.717, 1.165) is 27.8 Å². The Kier molecular flexibility index (Phi) is 5.31. The van der Waals surface area contributed by atoms with Crippen LogP contribution in [0, 0.1) is 6.92 Å². The summed E-state index contributed by atoms with van der Waals surface area (Å²) in [5.41, 5.74) is 3.06. The summed E-state index contributed by atoms with van der Waals surface area (Å²) in [6.07, 6.45) is 1.13. The maximum Gasteiger partial charge on any atom is 0.308 e. The van der Waals surface area contributed by atoms with Crippen LogP contribution in [0.5, 0.6) is 0 Å². The normalized spacial score (nSPS) is 11.6. The Bertz CT molecular complexity index is 1230. The number of carbonyl (C=O) groups excluding carboxylic acids is 1. The van der Waals surface area contributed by atoms with E-state index < -0.39 is 10.0 Å². The molecule has 0 saturated carbocycles. The van der Waals surface area contributed by atoms with Crippen molar-refractivity contribution in [3.8, 4) is 0 Å². The first-order chi connectivity index (χ1) is 13.1. The van der Waals surface area contributed by atoms with Crippen LogP contribution in [-0.4, -0.2) is 32.2 Å². The number of anilines is 2. The number of benzene rings is 2. The number of carbonyl (C=O) groups is 1.